The first-order valence-corrected chi connectivity index (χ1v) is 8.88. The van der Waals surface area contributed by atoms with Gasteiger partial charge < -0.3 is 5.11 Å². The minimum Gasteiger partial charge on any atom is -0.502 e. The molecule has 26 heavy (non-hydrogen) atoms. The third-order valence-electron chi connectivity index (χ3n) is 4.48. The van der Waals surface area contributed by atoms with Gasteiger partial charge in [-0.1, -0.05) is 35.9 Å². The minimum absolute atomic E-state index is 0.186. The van der Waals surface area contributed by atoms with E-state index in [1.807, 2.05) is 18.2 Å². The van der Waals surface area contributed by atoms with E-state index in [4.69, 9.17) is 11.6 Å². The number of nitro groups is 1. The highest BCUT2D eigenvalue weighted by Gasteiger charge is 2.18. The summed E-state index contributed by atoms with van der Waals surface area (Å²) in [5.41, 5.74) is 2.15. The normalized spacial score (nSPS) is 15.0. The first-order valence-electron chi connectivity index (χ1n) is 8.50. The number of hydrogen-bond donors (Lipinski definition) is 1. The third kappa shape index (κ3) is 4.39. The highest BCUT2D eigenvalue weighted by molar-refractivity contribution is 6.31. The fourth-order valence-corrected chi connectivity index (χ4v) is 3.35. The highest BCUT2D eigenvalue weighted by Crippen LogP contribution is 2.32. The summed E-state index contributed by atoms with van der Waals surface area (Å²) in [5, 5.41) is 21.2. The Labute approximate surface area is 156 Å². The quantitative estimate of drug-likeness (QED) is 0.468. The SMILES string of the molecule is O=[N+]([O-])c1cc(Cl)cc(C=NCc2ccccc2CN2CCCC2)c1O. The second-order valence-electron chi connectivity index (χ2n) is 6.34. The Kier molecular flexibility index (Phi) is 5.85. The number of aromatic hydroxyl groups is 1. The molecule has 1 aliphatic rings. The van der Waals surface area contributed by atoms with Crippen LogP contribution in [0.25, 0.3) is 0 Å². The van der Waals surface area contributed by atoms with Crippen molar-refractivity contribution in [2.75, 3.05) is 13.1 Å². The number of nitrogens with zero attached hydrogens (tertiary/aromatic N) is 3. The Morgan fingerprint density at radius 2 is 1.92 bits per heavy atom. The highest BCUT2D eigenvalue weighted by atomic mass is 35.5. The van der Waals surface area contributed by atoms with Crippen LogP contribution in [-0.4, -0.2) is 34.2 Å². The van der Waals surface area contributed by atoms with Crippen LogP contribution in [0.15, 0.2) is 41.4 Å². The molecule has 1 fully saturated rings. The van der Waals surface area contributed by atoms with Crippen molar-refractivity contribution >= 4 is 23.5 Å². The lowest BCUT2D eigenvalue weighted by molar-refractivity contribution is -0.385. The van der Waals surface area contributed by atoms with E-state index < -0.39 is 16.4 Å². The summed E-state index contributed by atoms with van der Waals surface area (Å²) >= 11 is 5.90. The molecule has 0 aliphatic carbocycles. The molecule has 0 aromatic heterocycles. The lowest BCUT2D eigenvalue weighted by Gasteiger charge is -2.16. The van der Waals surface area contributed by atoms with Crippen molar-refractivity contribution in [1.29, 1.82) is 0 Å². The molecule has 3 rings (SSSR count). The molecule has 0 bridgehead atoms. The first-order chi connectivity index (χ1) is 12.5. The Bertz CT molecular complexity index is 833. The molecule has 136 valence electrons. The van der Waals surface area contributed by atoms with Gasteiger partial charge in [0.25, 0.3) is 0 Å². The number of benzene rings is 2. The van der Waals surface area contributed by atoms with Crippen LogP contribution in [0.5, 0.6) is 5.75 Å². The molecular weight excluding hydrogens is 354 g/mol. The Hall–Kier alpha value is -2.44. The van der Waals surface area contributed by atoms with Crippen LogP contribution >= 0.6 is 11.6 Å². The maximum atomic E-state index is 11.0. The van der Waals surface area contributed by atoms with Crippen LogP contribution in [0, 0.1) is 10.1 Å². The molecule has 1 saturated heterocycles. The monoisotopic (exact) mass is 373 g/mol. The van der Waals surface area contributed by atoms with Crippen LogP contribution in [-0.2, 0) is 13.1 Å². The van der Waals surface area contributed by atoms with E-state index in [1.54, 1.807) is 0 Å². The zero-order chi connectivity index (χ0) is 18.5. The smallest absolute Gasteiger partial charge is 0.312 e. The molecule has 6 nitrogen and oxygen atoms in total. The van der Waals surface area contributed by atoms with Gasteiger partial charge in [0, 0.05) is 29.4 Å². The molecule has 0 atom stereocenters. The zero-order valence-corrected chi connectivity index (χ0v) is 15.0. The summed E-state index contributed by atoms with van der Waals surface area (Å²) in [7, 11) is 0. The summed E-state index contributed by atoms with van der Waals surface area (Å²) in [5.74, 6) is -0.423. The topological polar surface area (TPSA) is 79.0 Å². The number of nitro benzene ring substituents is 1. The number of halogens is 1. The average molecular weight is 374 g/mol. The van der Waals surface area contributed by atoms with Crippen molar-refractivity contribution in [3.05, 3.63) is 68.2 Å². The number of phenolic OH excluding ortho intramolecular Hbond substituents is 1. The average Bonchev–Trinajstić information content (AvgIpc) is 3.12. The first kappa shape index (κ1) is 18.4. The molecule has 1 aliphatic heterocycles. The van der Waals surface area contributed by atoms with Crippen molar-refractivity contribution in [1.82, 2.24) is 4.90 Å². The van der Waals surface area contributed by atoms with Gasteiger partial charge in [0.2, 0.25) is 5.75 Å². The molecule has 0 radical (unpaired) electrons. The number of likely N-dealkylation sites (tertiary alicyclic amines) is 1. The van der Waals surface area contributed by atoms with Crippen molar-refractivity contribution < 1.29 is 10.0 Å². The van der Waals surface area contributed by atoms with E-state index in [0.717, 1.165) is 31.3 Å². The van der Waals surface area contributed by atoms with Crippen molar-refractivity contribution in [3.63, 3.8) is 0 Å². The molecule has 0 amide bonds. The molecule has 2 aromatic rings. The minimum atomic E-state index is -0.663. The lowest BCUT2D eigenvalue weighted by atomic mass is 10.1. The predicted octanol–water partition coefficient (Wildman–Crippen LogP) is 4.17. The summed E-state index contributed by atoms with van der Waals surface area (Å²) in [6.07, 6.45) is 3.92. The Morgan fingerprint density at radius 1 is 1.23 bits per heavy atom. The second kappa shape index (κ2) is 8.29. The van der Waals surface area contributed by atoms with Crippen LogP contribution < -0.4 is 0 Å². The molecule has 0 saturated carbocycles. The summed E-state index contributed by atoms with van der Waals surface area (Å²) in [6.45, 7) is 3.58. The van der Waals surface area contributed by atoms with E-state index in [2.05, 4.69) is 16.0 Å². The van der Waals surface area contributed by atoms with Gasteiger partial charge in [0.1, 0.15) is 0 Å². The van der Waals surface area contributed by atoms with Gasteiger partial charge in [-0.05, 0) is 43.1 Å². The van der Waals surface area contributed by atoms with Crippen LogP contribution in [0.4, 0.5) is 5.69 Å². The number of hydrogen-bond acceptors (Lipinski definition) is 5. The van der Waals surface area contributed by atoms with E-state index in [-0.39, 0.29) is 10.6 Å². The van der Waals surface area contributed by atoms with Gasteiger partial charge in [-0.15, -0.1) is 0 Å². The molecular formula is C19H20ClN3O3. The van der Waals surface area contributed by atoms with Crippen molar-refractivity contribution in [2.45, 2.75) is 25.9 Å². The van der Waals surface area contributed by atoms with E-state index >= 15 is 0 Å². The Balaban J connectivity index is 1.76. The van der Waals surface area contributed by atoms with Gasteiger partial charge in [-0.2, -0.15) is 0 Å². The Morgan fingerprint density at radius 3 is 2.62 bits per heavy atom. The molecule has 2 aromatic carbocycles. The van der Waals surface area contributed by atoms with E-state index in [1.165, 1.54) is 30.7 Å². The van der Waals surface area contributed by atoms with Gasteiger partial charge >= 0.3 is 5.69 Å². The molecule has 0 unspecified atom stereocenters. The van der Waals surface area contributed by atoms with E-state index in [9.17, 15) is 15.2 Å². The van der Waals surface area contributed by atoms with E-state index in [0.29, 0.717) is 6.54 Å². The molecule has 7 heteroatoms. The number of phenols is 1. The standard InChI is InChI=1S/C19H20ClN3O3/c20-17-9-16(19(24)18(10-17)23(25)26)12-21-11-14-5-1-2-6-15(14)13-22-7-3-4-8-22/h1-2,5-6,9-10,12,24H,3-4,7-8,11,13H2. The van der Waals surface area contributed by atoms with Crippen LogP contribution in [0.2, 0.25) is 5.02 Å². The van der Waals surface area contributed by atoms with Gasteiger partial charge in [-0.3, -0.25) is 20.0 Å². The predicted molar refractivity (Wildman–Crippen MR) is 102 cm³/mol. The fraction of sp³-hybridized carbons (Fsp3) is 0.316. The number of rotatable bonds is 6. The largest absolute Gasteiger partial charge is 0.502 e. The van der Waals surface area contributed by atoms with Gasteiger partial charge in [0.15, 0.2) is 0 Å². The number of aliphatic imine (C=N–C) groups is 1. The maximum Gasteiger partial charge on any atom is 0.312 e. The third-order valence-corrected chi connectivity index (χ3v) is 4.70. The van der Waals surface area contributed by atoms with Crippen molar-refractivity contribution in [2.24, 2.45) is 4.99 Å². The summed E-state index contributed by atoms with van der Waals surface area (Å²) < 4.78 is 0. The van der Waals surface area contributed by atoms with Gasteiger partial charge in [-0.25, -0.2) is 0 Å². The lowest BCUT2D eigenvalue weighted by Crippen LogP contribution is -2.19. The fourth-order valence-electron chi connectivity index (χ4n) is 3.13. The molecule has 1 N–H and O–H groups in total. The maximum absolute atomic E-state index is 11.0. The molecule has 0 spiro atoms. The zero-order valence-electron chi connectivity index (χ0n) is 14.3. The summed E-state index contributed by atoms with van der Waals surface area (Å²) in [4.78, 5) is 17.1. The van der Waals surface area contributed by atoms with Crippen LogP contribution in [0.1, 0.15) is 29.5 Å². The summed E-state index contributed by atoms with van der Waals surface area (Å²) in [6, 6.07) is 10.7. The van der Waals surface area contributed by atoms with Gasteiger partial charge in [0.05, 0.1) is 11.5 Å². The van der Waals surface area contributed by atoms with Crippen molar-refractivity contribution in [3.8, 4) is 5.75 Å². The second-order valence-corrected chi connectivity index (χ2v) is 6.78. The van der Waals surface area contributed by atoms with Crippen LogP contribution in [0.3, 0.4) is 0 Å². The molecule has 1 heterocycles.